The molecule has 0 aliphatic carbocycles. The summed E-state index contributed by atoms with van der Waals surface area (Å²) in [6.45, 7) is 1.72. The summed E-state index contributed by atoms with van der Waals surface area (Å²) in [5, 5.41) is 3.13. The lowest BCUT2D eigenvalue weighted by Gasteiger charge is -2.28. The van der Waals surface area contributed by atoms with Crippen molar-refractivity contribution in [2.24, 2.45) is 11.7 Å². The molecule has 82 valence electrons. The summed E-state index contributed by atoms with van der Waals surface area (Å²) in [6, 6.07) is -0.115. The van der Waals surface area contributed by atoms with Gasteiger partial charge in [0.15, 0.2) is 0 Å². The smallest absolute Gasteiger partial charge is 0.234 e. The normalized spacial score (nSPS) is 27.5. The Kier molecular flexibility index (Phi) is 4.90. The van der Waals surface area contributed by atoms with Crippen LogP contribution in [0.5, 0.6) is 0 Å². The highest BCUT2D eigenvalue weighted by Gasteiger charge is 2.24. The maximum Gasteiger partial charge on any atom is 0.234 e. The van der Waals surface area contributed by atoms with E-state index in [9.17, 15) is 4.79 Å². The number of carbonyl (C=O) groups excluding carboxylic acids is 1. The van der Waals surface area contributed by atoms with Gasteiger partial charge in [-0.1, -0.05) is 0 Å². The minimum Gasteiger partial charge on any atom is -0.385 e. The van der Waals surface area contributed by atoms with Crippen molar-refractivity contribution < 1.29 is 9.53 Å². The van der Waals surface area contributed by atoms with Crippen LogP contribution in [-0.2, 0) is 9.53 Å². The SMILES string of the molecule is COCCCC1CCNC(C(N)=O)C1. The molecule has 0 bridgehead atoms. The zero-order valence-electron chi connectivity index (χ0n) is 8.79. The minimum absolute atomic E-state index is 0.115. The molecule has 0 aromatic heterocycles. The first-order valence-corrected chi connectivity index (χ1v) is 5.25. The third-order valence-electron chi connectivity index (χ3n) is 2.82. The lowest BCUT2D eigenvalue weighted by Crippen LogP contribution is -2.46. The molecule has 0 saturated carbocycles. The molecule has 2 unspecified atom stereocenters. The van der Waals surface area contributed by atoms with Crippen LogP contribution < -0.4 is 11.1 Å². The Hall–Kier alpha value is -0.610. The van der Waals surface area contributed by atoms with Crippen molar-refractivity contribution in [1.82, 2.24) is 5.32 Å². The van der Waals surface area contributed by atoms with Crippen LogP contribution in [-0.4, -0.2) is 32.2 Å². The second kappa shape index (κ2) is 5.98. The average Bonchev–Trinajstić information content (AvgIpc) is 2.19. The zero-order valence-corrected chi connectivity index (χ0v) is 8.79. The molecular formula is C10H20N2O2. The van der Waals surface area contributed by atoms with E-state index < -0.39 is 0 Å². The molecule has 3 N–H and O–H groups in total. The molecule has 0 aromatic carbocycles. The Labute approximate surface area is 85.2 Å². The van der Waals surface area contributed by atoms with Crippen LogP contribution in [0.15, 0.2) is 0 Å². The van der Waals surface area contributed by atoms with Crippen LogP contribution in [0.3, 0.4) is 0 Å². The van der Waals surface area contributed by atoms with E-state index in [4.69, 9.17) is 10.5 Å². The maximum absolute atomic E-state index is 11.0. The van der Waals surface area contributed by atoms with Gasteiger partial charge in [0.25, 0.3) is 0 Å². The van der Waals surface area contributed by atoms with E-state index in [0.717, 1.165) is 38.8 Å². The highest BCUT2D eigenvalue weighted by molar-refractivity contribution is 5.79. The van der Waals surface area contributed by atoms with Crippen LogP contribution in [0.1, 0.15) is 25.7 Å². The number of amides is 1. The first-order chi connectivity index (χ1) is 6.74. The Morgan fingerprint density at radius 3 is 3.07 bits per heavy atom. The first kappa shape index (κ1) is 11.5. The van der Waals surface area contributed by atoms with Gasteiger partial charge in [0.1, 0.15) is 0 Å². The van der Waals surface area contributed by atoms with Crippen molar-refractivity contribution in [2.75, 3.05) is 20.3 Å². The predicted molar refractivity (Wildman–Crippen MR) is 54.8 cm³/mol. The van der Waals surface area contributed by atoms with E-state index >= 15 is 0 Å². The Morgan fingerprint density at radius 1 is 1.64 bits per heavy atom. The fraction of sp³-hybridized carbons (Fsp3) is 0.900. The van der Waals surface area contributed by atoms with Gasteiger partial charge in [0, 0.05) is 13.7 Å². The van der Waals surface area contributed by atoms with E-state index in [-0.39, 0.29) is 11.9 Å². The molecule has 1 amide bonds. The fourth-order valence-corrected chi connectivity index (χ4v) is 1.99. The summed E-state index contributed by atoms with van der Waals surface area (Å²) in [4.78, 5) is 11.0. The zero-order chi connectivity index (χ0) is 10.4. The first-order valence-electron chi connectivity index (χ1n) is 5.25. The molecule has 1 aliphatic rings. The summed E-state index contributed by atoms with van der Waals surface area (Å²) in [6.07, 6.45) is 4.25. The molecular weight excluding hydrogens is 180 g/mol. The molecule has 0 radical (unpaired) electrons. The third-order valence-corrected chi connectivity index (χ3v) is 2.82. The highest BCUT2D eigenvalue weighted by Crippen LogP contribution is 2.20. The largest absolute Gasteiger partial charge is 0.385 e. The molecule has 1 rings (SSSR count). The van der Waals surface area contributed by atoms with E-state index in [0.29, 0.717) is 5.92 Å². The summed E-state index contributed by atoms with van der Waals surface area (Å²) in [5.41, 5.74) is 5.26. The fourth-order valence-electron chi connectivity index (χ4n) is 1.99. The molecule has 1 fully saturated rings. The number of nitrogens with one attached hydrogen (secondary N) is 1. The number of primary amides is 1. The van der Waals surface area contributed by atoms with Gasteiger partial charge >= 0.3 is 0 Å². The van der Waals surface area contributed by atoms with Crippen molar-refractivity contribution in [3.05, 3.63) is 0 Å². The Bertz CT molecular complexity index is 185. The van der Waals surface area contributed by atoms with E-state index in [1.165, 1.54) is 0 Å². The van der Waals surface area contributed by atoms with E-state index in [2.05, 4.69) is 5.32 Å². The van der Waals surface area contributed by atoms with Gasteiger partial charge in [-0.25, -0.2) is 0 Å². The van der Waals surface area contributed by atoms with Gasteiger partial charge in [-0.3, -0.25) is 4.79 Å². The number of rotatable bonds is 5. The van der Waals surface area contributed by atoms with Crippen molar-refractivity contribution in [1.29, 1.82) is 0 Å². The van der Waals surface area contributed by atoms with Gasteiger partial charge in [-0.2, -0.15) is 0 Å². The van der Waals surface area contributed by atoms with Crippen LogP contribution in [0.2, 0.25) is 0 Å². The van der Waals surface area contributed by atoms with Crippen molar-refractivity contribution in [3.8, 4) is 0 Å². The van der Waals surface area contributed by atoms with Crippen molar-refractivity contribution in [2.45, 2.75) is 31.7 Å². The molecule has 4 nitrogen and oxygen atoms in total. The molecule has 1 aliphatic heterocycles. The quantitative estimate of drug-likeness (QED) is 0.626. The number of methoxy groups -OCH3 is 1. The van der Waals surface area contributed by atoms with E-state index in [1.54, 1.807) is 7.11 Å². The summed E-state index contributed by atoms with van der Waals surface area (Å²) < 4.78 is 5.00. The molecule has 2 atom stereocenters. The molecule has 1 saturated heterocycles. The van der Waals surface area contributed by atoms with Crippen molar-refractivity contribution >= 4 is 5.91 Å². The standard InChI is InChI=1S/C10H20N2O2/c1-14-6-2-3-8-4-5-12-9(7-8)10(11)13/h8-9,12H,2-7H2,1H3,(H2,11,13). The number of nitrogens with two attached hydrogens (primary N) is 1. The van der Waals surface area contributed by atoms with Gasteiger partial charge in [0.2, 0.25) is 5.91 Å². The lowest BCUT2D eigenvalue weighted by atomic mass is 9.88. The third kappa shape index (κ3) is 3.64. The second-order valence-electron chi connectivity index (χ2n) is 3.93. The average molecular weight is 200 g/mol. The maximum atomic E-state index is 11.0. The molecule has 4 heteroatoms. The van der Waals surface area contributed by atoms with Gasteiger partial charge in [0.05, 0.1) is 6.04 Å². The van der Waals surface area contributed by atoms with E-state index in [1.807, 2.05) is 0 Å². The molecule has 0 spiro atoms. The van der Waals surface area contributed by atoms with Crippen LogP contribution in [0.25, 0.3) is 0 Å². The van der Waals surface area contributed by atoms with Crippen LogP contribution in [0, 0.1) is 5.92 Å². The molecule has 1 heterocycles. The van der Waals surface area contributed by atoms with Gasteiger partial charge < -0.3 is 15.8 Å². The molecule has 14 heavy (non-hydrogen) atoms. The number of ether oxygens (including phenoxy) is 1. The number of hydrogen-bond acceptors (Lipinski definition) is 3. The van der Waals surface area contributed by atoms with Gasteiger partial charge in [-0.15, -0.1) is 0 Å². The predicted octanol–water partition coefficient (Wildman–Crippen LogP) is 0.267. The molecule has 0 aromatic rings. The second-order valence-corrected chi connectivity index (χ2v) is 3.93. The lowest BCUT2D eigenvalue weighted by molar-refractivity contribution is -0.120. The minimum atomic E-state index is -0.221. The Morgan fingerprint density at radius 2 is 2.43 bits per heavy atom. The van der Waals surface area contributed by atoms with Crippen LogP contribution in [0.4, 0.5) is 0 Å². The van der Waals surface area contributed by atoms with Crippen LogP contribution >= 0.6 is 0 Å². The Balaban J connectivity index is 2.22. The highest BCUT2D eigenvalue weighted by atomic mass is 16.5. The number of piperidine rings is 1. The number of carbonyl (C=O) groups is 1. The summed E-state index contributed by atoms with van der Waals surface area (Å²) >= 11 is 0. The summed E-state index contributed by atoms with van der Waals surface area (Å²) in [5.74, 6) is 0.408. The van der Waals surface area contributed by atoms with Gasteiger partial charge in [-0.05, 0) is 38.1 Å². The monoisotopic (exact) mass is 200 g/mol. The number of hydrogen-bond donors (Lipinski definition) is 2. The summed E-state index contributed by atoms with van der Waals surface area (Å²) in [7, 11) is 1.72. The topological polar surface area (TPSA) is 64.3 Å². The van der Waals surface area contributed by atoms with Crippen molar-refractivity contribution in [3.63, 3.8) is 0 Å².